The first-order valence-electron chi connectivity index (χ1n) is 9.89. The summed E-state index contributed by atoms with van der Waals surface area (Å²) in [5, 5.41) is 2.90. The third kappa shape index (κ3) is 3.48. The van der Waals surface area contributed by atoms with E-state index in [4.69, 9.17) is 0 Å². The van der Waals surface area contributed by atoms with Crippen molar-refractivity contribution in [1.82, 2.24) is 0 Å². The number of hydrogen-bond acceptors (Lipinski definition) is 3. The zero-order valence-electron chi connectivity index (χ0n) is 16.8. The number of fused-ring (bicyclic) bond motifs is 1. The smallest absolute Gasteiger partial charge is 0.255 e. The number of hydrogen-bond donors (Lipinski definition) is 1. The highest BCUT2D eigenvalue weighted by molar-refractivity contribution is 6.22. The van der Waals surface area contributed by atoms with Gasteiger partial charge < -0.3 is 5.32 Å². The maximum Gasteiger partial charge on any atom is 0.255 e. The number of imide groups is 1. The van der Waals surface area contributed by atoms with E-state index < -0.39 is 0 Å². The van der Waals surface area contributed by atoms with Gasteiger partial charge >= 0.3 is 0 Å². The standard InChI is InChI=1S/C24H24N2O3/c1-14-10-15(2)12-18(11-14)25-22(27)17-7-5-8-19(13-17)26-23(28)20-9-4-6-16(3)21(20)24(26)29/h4-8,10-13,16,20-21H,9H2,1-3H3,(H,25,27)/t16-,20+,21+/m1/s1. The van der Waals surface area contributed by atoms with Crippen LogP contribution < -0.4 is 10.2 Å². The molecule has 2 aliphatic rings. The fourth-order valence-corrected chi connectivity index (χ4v) is 4.44. The second kappa shape index (κ2) is 7.32. The van der Waals surface area contributed by atoms with E-state index in [9.17, 15) is 14.4 Å². The van der Waals surface area contributed by atoms with Crippen LogP contribution in [-0.4, -0.2) is 17.7 Å². The zero-order chi connectivity index (χ0) is 20.7. The van der Waals surface area contributed by atoms with Gasteiger partial charge in [-0.15, -0.1) is 0 Å². The zero-order valence-corrected chi connectivity index (χ0v) is 16.8. The second-order valence-electron chi connectivity index (χ2n) is 8.05. The van der Waals surface area contributed by atoms with Crippen molar-refractivity contribution in [3.8, 4) is 0 Å². The molecule has 5 heteroatoms. The average Bonchev–Trinajstić information content (AvgIpc) is 2.92. The molecular weight excluding hydrogens is 364 g/mol. The number of nitrogens with zero attached hydrogens (tertiary/aromatic N) is 1. The molecule has 148 valence electrons. The Labute approximate surface area is 170 Å². The summed E-state index contributed by atoms with van der Waals surface area (Å²) < 4.78 is 0. The third-order valence-electron chi connectivity index (χ3n) is 5.72. The van der Waals surface area contributed by atoms with Gasteiger partial charge in [0.15, 0.2) is 0 Å². The van der Waals surface area contributed by atoms with E-state index in [1.165, 1.54) is 4.90 Å². The van der Waals surface area contributed by atoms with Crippen LogP contribution >= 0.6 is 0 Å². The van der Waals surface area contributed by atoms with Crippen LogP contribution in [0.2, 0.25) is 0 Å². The lowest BCUT2D eigenvalue weighted by Crippen LogP contribution is -2.31. The molecule has 1 N–H and O–H groups in total. The lowest BCUT2D eigenvalue weighted by molar-refractivity contribution is -0.122. The van der Waals surface area contributed by atoms with Gasteiger partial charge in [-0.3, -0.25) is 19.3 Å². The Morgan fingerprint density at radius 3 is 2.45 bits per heavy atom. The highest BCUT2D eigenvalue weighted by Crippen LogP contribution is 2.40. The molecule has 3 amide bonds. The number of carbonyl (C=O) groups excluding carboxylic acids is 3. The molecule has 1 heterocycles. The molecule has 1 aliphatic heterocycles. The summed E-state index contributed by atoms with van der Waals surface area (Å²) in [6.45, 7) is 5.92. The van der Waals surface area contributed by atoms with Gasteiger partial charge in [-0.25, -0.2) is 0 Å². The first-order valence-corrected chi connectivity index (χ1v) is 9.89. The first-order chi connectivity index (χ1) is 13.8. The maximum atomic E-state index is 13.0. The van der Waals surface area contributed by atoms with Crippen LogP contribution in [0.25, 0.3) is 0 Å². The van der Waals surface area contributed by atoms with Gasteiger partial charge in [0.1, 0.15) is 0 Å². The number of rotatable bonds is 3. The molecule has 0 unspecified atom stereocenters. The number of anilines is 2. The molecule has 3 atom stereocenters. The molecule has 0 bridgehead atoms. The molecule has 29 heavy (non-hydrogen) atoms. The van der Waals surface area contributed by atoms with E-state index >= 15 is 0 Å². The molecule has 0 aromatic heterocycles. The summed E-state index contributed by atoms with van der Waals surface area (Å²) >= 11 is 0. The Hall–Kier alpha value is -3.21. The number of benzene rings is 2. The Morgan fingerprint density at radius 2 is 1.76 bits per heavy atom. The summed E-state index contributed by atoms with van der Waals surface area (Å²) in [5.74, 6) is -1.23. The number of aryl methyl sites for hydroxylation is 2. The largest absolute Gasteiger partial charge is 0.322 e. The van der Waals surface area contributed by atoms with Gasteiger partial charge in [0.2, 0.25) is 11.8 Å². The lowest BCUT2D eigenvalue weighted by atomic mass is 9.78. The monoisotopic (exact) mass is 388 g/mol. The van der Waals surface area contributed by atoms with E-state index in [0.717, 1.165) is 16.8 Å². The van der Waals surface area contributed by atoms with Crippen LogP contribution in [0.1, 0.15) is 34.8 Å². The van der Waals surface area contributed by atoms with Crippen LogP contribution in [0, 0.1) is 31.6 Å². The average molecular weight is 388 g/mol. The minimum atomic E-state index is -0.319. The fraction of sp³-hybridized carbons (Fsp3) is 0.292. The normalized spacial score (nSPS) is 23.3. The molecule has 0 spiro atoms. The lowest BCUT2D eigenvalue weighted by Gasteiger charge is -2.22. The van der Waals surface area contributed by atoms with E-state index in [0.29, 0.717) is 17.7 Å². The van der Waals surface area contributed by atoms with Crippen molar-refractivity contribution >= 4 is 29.1 Å². The molecule has 0 radical (unpaired) electrons. The highest BCUT2D eigenvalue weighted by atomic mass is 16.2. The van der Waals surface area contributed by atoms with Crippen molar-refractivity contribution in [3.63, 3.8) is 0 Å². The third-order valence-corrected chi connectivity index (χ3v) is 5.72. The van der Waals surface area contributed by atoms with Gasteiger partial charge in [0.05, 0.1) is 17.5 Å². The van der Waals surface area contributed by atoms with Gasteiger partial charge in [-0.1, -0.05) is 31.2 Å². The van der Waals surface area contributed by atoms with Crippen LogP contribution in [0.5, 0.6) is 0 Å². The van der Waals surface area contributed by atoms with Gasteiger partial charge in [0, 0.05) is 11.3 Å². The van der Waals surface area contributed by atoms with Crippen molar-refractivity contribution in [2.24, 2.45) is 17.8 Å². The molecule has 5 nitrogen and oxygen atoms in total. The molecule has 2 aromatic carbocycles. The minimum Gasteiger partial charge on any atom is -0.322 e. The van der Waals surface area contributed by atoms with Crippen LogP contribution in [-0.2, 0) is 9.59 Å². The second-order valence-corrected chi connectivity index (χ2v) is 8.05. The van der Waals surface area contributed by atoms with Crippen molar-refractivity contribution < 1.29 is 14.4 Å². The fourth-order valence-electron chi connectivity index (χ4n) is 4.44. The van der Waals surface area contributed by atoms with Crippen LogP contribution in [0.15, 0.2) is 54.6 Å². The molecular formula is C24H24N2O3. The summed E-state index contributed by atoms with van der Waals surface area (Å²) in [5.41, 5.74) is 3.70. The number of nitrogens with one attached hydrogen (secondary N) is 1. The molecule has 1 saturated heterocycles. The molecule has 1 fully saturated rings. The van der Waals surface area contributed by atoms with E-state index in [1.807, 2.05) is 51.1 Å². The number of allylic oxidation sites excluding steroid dienone is 2. The molecule has 1 aliphatic carbocycles. The van der Waals surface area contributed by atoms with E-state index in [1.54, 1.807) is 24.3 Å². The Balaban J connectivity index is 1.60. The number of amides is 3. The first kappa shape index (κ1) is 19.1. The molecule has 2 aromatic rings. The number of carbonyl (C=O) groups is 3. The summed E-state index contributed by atoms with van der Waals surface area (Å²) in [4.78, 5) is 39.9. The highest BCUT2D eigenvalue weighted by Gasteiger charge is 2.50. The van der Waals surface area contributed by atoms with Crippen LogP contribution in [0.4, 0.5) is 11.4 Å². The van der Waals surface area contributed by atoms with E-state index in [2.05, 4.69) is 5.32 Å². The van der Waals surface area contributed by atoms with Crippen molar-refractivity contribution in [2.75, 3.05) is 10.2 Å². The SMILES string of the molecule is Cc1cc(C)cc(NC(=O)c2cccc(N3C(=O)[C@H]4[C@H](C)C=CC[C@@H]4C3=O)c2)c1. The topological polar surface area (TPSA) is 66.5 Å². The van der Waals surface area contributed by atoms with Gasteiger partial charge in [-0.05, 0) is 67.6 Å². The molecule has 0 saturated carbocycles. The predicted molar refractivity (Wildman–Crippen MR) is 113 cm³/mol. The summed E-state index contributed by atoms with van der Waals surface area (Å²) in [6, 6.07) is 12.6. The quantitative estimate of drug-likeness (QED) is 0.631. The van der Waals surface area contributed by atoms with E-state index in [-0.39, 0.29) is 35.5 Å². The minimum absolute atomic E-state index is 0.0336. The van der Waals surface area contributed by atoms with Gasteiger partial charge in [-0.2, -0.15) is 0 Å². The predicted octanol–water partition coefficient (Wildman–Crippen LogP) is 4.26. The Kier molecular flexibility index (Phi) is 4.82. The maximum absolute atomic E-state index is 13.0. The van der Waals surface area contributed by atoms with Crippen molar-refractivity contribution in [2.45, 2.75) is 27.2 Å². The summed E-state index contributed by atoms with van der Waals surface area (Å²) in [6.07, 6.45) is 4.57. The Bertz CT molecular complexity index is 1020. The van der Waals surface area contributed by atoms with Gasteiger partial charge in [0.25, 0.3) is 5.91 Å². The Morgan fingerprint density at radius 1 is 1.03 bits per heavy atom. The van der Waals surface area contributed by atoms with Crippen molar-refractivity contribution in [1.29, 1.82) is 0 Å². The van der Waals surface area contributed by atoms with Crippen LogP contribution in [0.3, 0.4) is 0 Å². The van der Waals surface area contributed by atoms with Crippen molar-refractivity contribution in [3.05, 3.63) is 71.3 Å². The summed E-state index contributed by atoms with van der Waals surface area (Å²) in [7, 11) is 0. The molecule has 4 rings (SSSR count).